The van der Waals surface area contributed by atoms with E-state index in [-0.39, 0.29) is 17.7 Å². The van der Waals surface area contributed by atoms with Gasteiger partial charge in [0.15, 0.2) is 0 Å². The van der Waals surface area contributed by atoms with E-state index in [2.05, 4.69) is 41.4 Å². The van der Waals surface area contributed by atoms with E-state index in [1.54, 1.807) is 0 Å². The number of piperazine rings is 1. The Morgan fingerprint density at radius 3 is 2.23 bits per heavy atom. The molecule has 0 aliphatic carbocycles. The predicted molar refractivity (Wildman–Crippen MR) is 120 cm³/mol. The number of nitrogens with one attached hydrogen (secondary N) is 1. The molecule has 1 aliphatic heterocycles. The number of hydrogen-bond donors (Lipinski definition) is 1. The maximum absolute atomic E-state index is 13.1. The number of nitrogens with zero attached hydrogens (tertiary/aromatic N) is 2. The highest BCUT2D eigenvalue weighted by atomic mass is 16.2. The van der Waals surface area contributed by atoms with Crippen LogP contribution in [0.3, 0.4) is 0 Å². The molecule has 30 heavy (non-hydrogen) atoms. The van der Waals surface area contributed by atoms with Gasteiger partial charge in [-0.3, -0.25) is 14.5 Å². The van der Waals surface area contributed by atoms with Gasteiger partial charge in [0.1, 0.15) is 6.04 Å². The van der Waals surface area contributed by atoms with Gasteiger partial charge in [-0.2, -0.15) is 0 Å². The zero-order valence-corrected chi connectivity index (χ0v) is 18.3. The van der Waals surface area contributed by atoms with Crippen LogP contribution in [0, 0.1) is 12.8 Å². The summed E-state index contributed by atoms with van der Waals surface area (Å²) in [4.78, 5) is 29.9. The van der Waals surface area contributed by atoms with Gasteiger partial charge in [0.2, 0.25) is 11.8 Å². The zero-order valence-electron chi connectivity index (χ0n) is 18.3. The average molecular weight is 408 g/mol. The smallest absolute Gasteiger partial charge is 0.245 e. The van der Waals surface area contributed by atoms with Gasteiger partial charge in [0, 0.05) is 32.7 Å². The van der Waals surface area contributed by atoms with Gasteiger partial charge in [0.05, 0.1) is 6.42 Å². The third kappa shape index (κ3) is 6.17. The van der Waals surface area contributed by atoms with Crippen molar-refractivity contribution in [1.82, 2.24) is 15.1 Å². The Bertz CT molecular complexity index is 842. The summed E-state index contributed by atoms with van der Waals surface area (Å²) in [5.74, 6) is -0.0319. The maximum Gasteiger partial charge on any atom is 0.245 e. The number of hydrogen-bond acceptors (Lipinski definition) is 3. The molecule has 160 valence electrons. The third-order valence-electron chi connectivity index (χ3n) is 5.63. The molecule has 1 N–H and O–H groups in total. The van der Waals surface area contributed by atoms with E-state index < -0.39 is 6.04 Å². The van der Waals surface area contributed by atoms with E-state index >= 15 is 0 Å². The van der Waals surface area contributed by atoms with Crippen LogP contribution in [0.4, 0.5) is 0 Å². The molecule has 0 radical (unpaired) electrons. The van der Waals surface area contributed by atoms with Gasteiger partial charge in [-0.1, -0.05) is 74.0 Å². The average Bonchev–Trinajstić information content (AvgIpc) is 2.73. The first-order valence-electron chi connectivity index (χ1n) is 10.8. The Morgan fingerprint density at radius 1 is 0.933 bits per heavy atom. The maximum atomic E-state index is 13.1. The Balaban J connectivity index is 1.52. The minimum Gasteiger partial charge on any atom is -0.344 e. The molecule has 1 saturated heterocycles. The third-order valence-corrected chi connectivity index (χ3v) is 5.63. The molecule has 1 aliphatic rings. The van der Waals surface area contributed by atoms with Gasteiger partial charge in [-0.25, -0.2) is 0 Å². The fourth-order valence-corrected chi connectivity index (χ4v) is 3.91. The van der Waals surface area contributed by atoms with E-state index in [0.717, 1.165) is 25.2 Å². The van der Waals surface area contributed by atoms with Gasteiger partial charge >= 0.3 is 0 Å². The first-order valence-corrected chi connectivity index (χ1v) is 10.8. The Kier molecular flexibility index (Phi) is 7.63. The number of carbonyl (C=O) groups excluding carboxylic acids is 2. The zero-order chi connectivity index (χ0) is 21.5. The molecular weight excluding hydrogens is 374 g/mol. The lowest BCUT2D eigenvalue weighted by molar-refractivity contribution is -0.139. The van der Waals surface area contributed by atoms with Crippen molar-refractivity contribution in [2.24, 2.45) is 5.92 Å². The van der Waals surface area contributed by atoms with Crippen molar-refractivity contribution in [3.8, 4) is 0 Å². The van der Waals surface area contributed by atoms with Gasteiger partial charge < -0.3 is 10.2 Å². The number of carbonyl (C=O) groups is 2. The summed E-state index contributed by atoms with van der Waals surface area (Å²) in [5, 5.41) is 2.98. The van der Waals surface area contributed by atoms with E-state index in [1.807, 2.05) is 49.1 Å². The molecule has 2 aromatic carbocycles. The second-order valence-electron chi connectivity index (χ2n) is 8.54. The highest BCUT2D eigenvalue weighted by Gasteiger charge is 2.30. The van der Waals surface area contributed by atoms with Crippen LogP contribution in [0.1, 0.15) is 30.5 Å². The standard InChI is InChI=1S/C25H33N3O2/c1-19(2)24(26-23(29)17-21-9-5-4-6-10-21)25(30)28-14-12-27(13-15-28)18-22-11-7-8-20(3)16-22/h4-11,16,19,24H,12-15,17-18H2,1-3H3,(H,26,29)/t24-/m0/s1. The molecule has 2 amide bonds. The van der Waals surface area contributed by atoms with Crippen molar-refractivity contribution in [1.29, 1.82) is 0 Å². The summed E-state index contributed by atoms with van der Waals surface area (Å²) in [6, 6.07) is 17.7. The monoisotopic (exact) mass is 407 g/mol. The van der Waals surface area contributed by atoms with E-state index in [9.17, 15) is 9.59 Å². The highest BCUT2D eigenvalue weighted by Crippen LogP contribution is 2.13. The van der Waals surface area contributed by atoms with Crippen LogP contribution in [-0.2, 0) is 22.6 Å². The number of aryl methyl sites for hydroxylation is 1. The molecule has 5 heteroatoms. The molecule has 0 bridgehead atoms. The van der Waals surface area contributed by atoms with Crippen LogP contribution < -0.4 is 5.32 Å². The highest BCUT2D eigenvalue weighted by molar-refractivity contribution is 5.88. The lowest BCUT2D eigenvalue weighted by Crippen LogP contribution is -2.56. The molecule has 5 nitrogen and oxygen atoms in total. The summed E-state index contributed by atoms with van der Waals surface area (Å²) in [6.07, 6.45) is 0.293. The number of benzene rings is 2. The second kappa shape index (κ2) is 10.4. The summed E-state index contributed by atoms with van der Waals surface area (Å²) >= 11 is 0. The Morgan fingerprint density at radius 2 is 1.60 bits per heavy atom. The van der Waals surface area contributed by atoms with Crippen LogP contribution in [0.2, 0.25) is 0 Å². The molecule has 2 aromatic rings. The Hall–Kier alpha value is -2.66. The molecule has 3 rings (SSSR count). The van der Waals surface area contributed by atoms with Crippen molar-refractivity contribution >= 4 is 11.8 Å². The van der Waals surface area contributed by atoms with Crippen LogP contribution in [0.25, 0.3) is 0 Å². The topological polar surface area (TPSA) is 52.6 Å². The minimum absolute atomic E-state index is 0.0293. The van der Waals surface area contributed by atoms with Crippen LogP contribution in [-0.4, -0.2) is 53.8 Å². The molecular formula is C25H33N3O2. The molecule has 1 heterocycles. The number of amides is 2. The molecule has 1 atom stereocenters. The van der Waals surface area contributed by atoms with Crippen molar-refractivity contribution in [3.63, 3.8) is 0 Å². The lowest BCUT2D eigenvalue weighted by Gasteiger charge is -2.37. The SMILES string of the molecule is Cc1cccc(CN2CCN(C(=O)[C@@H](NC(=O)Cc3ccccc3)C(C)C)CC2)c1. The van der Waals surface area contributed by atoms with Gasteiger partial charge in [-0.15, -0.1) is 0 Å². The molecule has 0 spiro atoms. The molecule has 1 fully saturated rings. The molecule has 0 aromatic heterocycles. The molecule has 0 unspecified atom stereocenters. The van der Waals surface area contributed by atoms with Crippen LogP contribution in [0.5, 0.6) is 0 Å². The normalized spacial score (nSPS) is 15.8. The van der Waals surface area contributed by atoms with Crippen LogP contribution >= 0.6 is 0 Å². The van der Waals surface area contributed by atoms with Gasteiger partial charge in [-0.05, 0) is 24.0 Å². The second-order valence-corrected chi connectivity index (χ2v) is 8.54. The first-order chi connectivity index (χ1) is 14.4. The van der Waals surface area contributed by atoms with Crippen molar-refractivity contribution in [3.05, 3.63) is 71.3 Å². The van der Waals surface area contributed by atoms with E-state index in [0.29, 0.717) is 19.5 Å². The van der Waals surface area contributed by atoms with E-state index in [4.69, 9.17) is 0 Å². The largest absolute Gasteiger partial charge is 0.344 e. The fourth-order valence-electron chi connectivity index (χ4n) is 3.91. The summed E-state index contributed by atoms with van der Waals surface area (Å²) in [7, 11) is 0. The summed E-state index contributed by atoms with van der Waals surface area (Å²) in [6.45, 7) is 10.1. The number of rotatable bonds is 7. The first kappa shape index (κ1) is 22.0. The summed E-state index contributed by atoms with van der Waals surface area (Å²) < 4.78 is 0. The fraction of sp³-hybridized carbons (Fsp3) is 0.440. The van der Waals surface area contributed by atoms with Gasteiger partial charge in [0.25, 0.3) is 0 Å². The van der Waals surface area contributed by atoms with Crippen molar-refractivity contribution in [2.45, 2.75) is 39.8 Å². The van der Waals surface area contributed by atoms with Crippen LogP contribution in [0.15, 0.2) is 54.6 Å². The Labute approximate surface area is 180 Å². The quantitative estimate of drug-likeness (QED) is 0.768. The summed E-state index contributed by atoms with van der Waals surface area (Å²) in [5.41, 5.74) is 3.53. The predicted octanol–water partition coefficient (Wildman–Crippen LogP) is 3.02. The van der Waals surface area contributed by atoms with Crippen molar-refractivity contribution < 1.29 is 9.59 Å². The van der Waals surface area contributed by atoms with E-state index in [1.165, 1.54) is 11.1 Å². The minimum atomic E-state index is -0.482. The lowest BCUT2D eigenvalue weighted by atomic mass is 10.0. The van der Waals surface area contributed by atoms with Crippen molar-refractivity contribution in [2.75, 3.05) is 26.2 Å². The molecule has 0 saturated carbocycles.